The van der Waals surface area contributed by atoms with Gasteiger partial charge < -0.3 is 0 Å². The monoisotopic (exact) mass is 202 g/mol. The fraction of sp³-hybridized carbons (Fsp3) is 0.357. The summed E-state index contributed by atoms with van der Waals surface area (Å²) in [5.74, 6) is 0.164. The number of hydrogen-bond acceptors (Lipinski definition) is 1. The molecule has 1 aromatic rings. The SMILES string of the molecule is C/C=C(/CC)C(=O)c1ccc(C)cc1C. The zero-order chi connectivity index (χ0) is 11.4. The van der Waals surface area contributed by atoms with Gasteiger partial charge in [0.2, 0.25) is 0 Å². The molecule has 0 bridgehead atoms. The third kappa shape index (κ3) is 2.56. The predicted molar refractivity (Wildman–Crippen MR) is 64.3 cm³/mol. The van der Waals surface area contributed by atoms with Crippen LogP contribution in [0.2, 0.25) is 0 Å². The minimum Gasteiger partial charge on any atom is -0.289 e. The number of hydrogen-bond donors (Lipinski definition) is 0. The molecule has 1 nitrogen and oxygen atoms in total. The van der Waals surface area contributed by atoms with Gasteiger partial charge in [-0.15, -0.1) is 0 Å². The Kier molecular flexibility index (Phi) is 3.84. The summed E-state index contributed by atoms with van der Waals surface area (Å²) in [4.78, 5) is 12.1. The van der Waals surface area contributed by atoms with E-state index in [2.05, 4.69) is 6.07 Å². The van der Waals surface area contributed by atoms with Gasteiger partial charge in [-0.2, -0.15) is 0 Å². The summed E-state index contributed by atoms with van der Waals surface area (Å²) in [7, 11) is 0. The van der Waals surface area contributed by atoms with E-state index in [9.17, 15) is 4.79 Å². The molecule has 0 heterocycles. The molecule has 1 aromatic carbocycles. The molecule has 0 aliphatic heterocycles. The Morgan fingerprint density at radius 1 is 1.33 bits per heavy atom. The average Bonchev–Trinajstić information content (AvgIpc) is 2.19. The zero-order valence-corrected chi connectivity index (χ0v) is 9.92. The first kappa shape index (κ1) is 11.7. The Balaban J connectivity index is 3.12. The smallest absolute Gasteiger partial charge is 0.188 e. The standard InChI is InChI=1S/C14H18O/c1-5-12(6-2)14(15)13-8-7-10(3)9-11(13)4/h5,7-9H,6H2,1-4H3/b12-5-. The Labute approximate surface area is 91.8 Å². The molecule has 0 spiro atoms. The lowest BCUT2D eigenvalue weighted by Crippen LogP contribution is -2.05. The Hall–Kier alpha value is -1.37. The number of carbonyl (C=O) groups excluding carboxylic acids is 1. The van der Waals surface area contributed by atoms with Crippen molar-refractivity contribution in [2.75, 3.05) is 0 Å². The first-order chi connectivity index (χ1) is 7.10. The van der Waals surface area contributed by atoms with Crippen LogP contribution in [-0.4, -0.2) is 5.78 Å². The Bertz CT molecular complexity index is 400. The quantitative estimate of drug-likeness (QED) is 0.537. The Morgan fingerprint density at radius 2 is 2.00 bits per heavy atom. The van der Waals surface area contributed by atoms with E-state index in [4.69, 9.17) is 0 Å². The minimum atomic E-state index is 0.164. The molecule has 0 amide bonds. The molecule has 0 fully saturated rings. The van der Waals surface area contributed by atoms with Gasteiger partial charge in [0.15, 0.2) is 5.78 Å². The van der Waals surface area contributed by atoms with Crippen LogP contribution in [0.15, 0.2) is 29.8 Å². The summed E-state index contributed by atoms with van der Waals surface area (Å²) in [6.07, 6.45) is 2.70. The van der Waals surface area contributed by atoms with E-state index in [1.165, 1.54) is 5.56 Å². The number of benzene rings is 1. The molecular formula is C14H18O. The molecule has 0 aliphatic rings. The van der Waals surface area contributed by atoms with Crippen LogP contribution in [0.3, 0.4) is 0 Å². The van der Waals surface area contributed by atoms with E-state index < -0.39 is 0 Å². The van der Waals surface area contributed by atoms with Gasteiger partial charge in [-0.05, 0) is 38.3 Å². The van der Waals surface area contributed by atoms with Gasteiger partial charge in [-0.1, -0.05) is 36.8 Å². The highest BCUT2D eigenvalue weighted by molar-refractivity contribution is 6.09. The number of allylic oxidation sites excluding steroid dienone is 2. The van der Waals surface area contributed by atoms with Crippen LogP contribution in [0.25, 0.3) is 0 Å². The van der Waals surface area contributed by atoms with Crippen LogP contribution >= 0.6 is 0 Å². The minimum absolute atomic E-state index is 0.164. The highest BCUT2D eigenvalue weighted by Crippen LogP contribution is 2.16. The van der Waals surface area contributed by atoms with Crippen molar-refractivity contribution >= 4 is 5.78 Å². The van der Waals surface area contributed by atoms with E-state index in [0.29, 0.717) is 0 Å². The van der Waals surface area contributed by atoms with Crippen molar-refractivity contribution in [3.63, 3.8) is 0 Å². The lowest BCUT2D eigenvalue weighted by Gasteiger charge is -2.07. The van der Waals surface area contributed by atoms with Gasteiger partial charge in [-0.25, -0.2) is 0 Å². The van der Waals surface area contributed by atoms with E-state index in [-0.39, 0.29) is 5.78 Å². The molecule has 0 saturated heterocycles. The van der Waals surface area contributed by atoms with E-state index in [1.54, 1.807) is 0 Å². The van der Waals surface area contributed by atoms with Crippen molar-refractivity contribution in [1.29, 1.82) is 0 Å². The topological polar surface area (TPSA) is 17.1 Å². The van der Waals surface area contributed by atoms with Crippen molar-refractivity contribution < 1.29 is 4.79 Å². The molecular weight excluding hydrogens is 184 g/mol. The molecule has 1 heteroatoms. The fourth-order valence-corrected chi connectivity index (χ4v) is 1.74. The molecule has 0 unspecified atom stereocenters. The predicted octanol–water partition coefficient (Wildman–Crippen LogP) is 3.84. The van der Waals surface area contributed by atoms with Gasteiger partial charge >= 0.3 is 0 Å². The van der Waals surface area contributed by atoms with Crippen molar-refractivity contribution in [3.05, 3.63) is 46.5 Å². The first-order valence-corrected chi connectivity index (χ1v) is 5.37. The van der Waals surface area contributed by atoms with Crippen molar-refractivity contribution in [2.24, 2.45) is 0 Å². The molecule has 0 N–H and O–H groups in total. The Morgan fingerprint density at radius 3 is 2.47 bits per heavy atom. The van der Waals surface area contributed by atoms with Crippen molar-refractivity contribution in [1.82, 2.24) is 0 Å². The number of carbonyl (C=O) groups is 1. The second-order valence-electron chi connectivity index (χ2n) is 3.81. The van der Waals surface area contributed by atoms with Crippen LogP contribution in [0.5, 0.6) is 0 Å². The number of ketones is 1. The summed E-state index contributed by atoms with van der Waals surface area (Å²) in [6, 6.07) is 5.96. The van der Waals surface area contributed by atoms with Crippen molar-refractivity contribution in [3.8, 4) is 0 Å². The van der Waals surface area contributed by atoms with Crippen molar-refractivity contribution in [2.45, 2.75) is 34.1 Å². The van der Waals surface area contributed by atoms with Gasteiger partial charge in [-0.3, -0.25) is 4.79 Å². The lowest BCUT2D eigenvalue weighted by molar-refractivity contribution is 0.103. The highest BCUT2D eigenvalue weighted by Gasteiger charge is 2.11. The molecule has 0 atom stereocenters. The van der Waals surface area contributed by atoms with Gasteiger partial charge in [0.1, 0.15) is 0 Å². The molecule has 15 heavy (non-hydrogen) atoms. The van der Waals surface area contributed by atoms with E-state index in [0.717, 1.165) is 23.1 Å². The maximum absolute atomic E-state index is 12.1. The maximum atomic E-state index is 12.1. The summed E-state index contributed by atoms with van der Waals surface area (Å²) < 4.78 is 0. The van der Waals surface area contributed by atoms with Gasteiger partial charge in [0, 0.05) is 5.56 Å². The number of aryl methyl sites for hydroxylation is 2. The fourth-order valence-electron chi connectivity index (χ4n) is 1.74. The maximum Gasteiger partial charge on any atom is 0.188 e. The molecule has 0 aromatic heterocycles. The lowest BCUT2D eigenvalue weighted by atomic mass is 9.96. The first-order valence-electron chi connectivity index (χ1n) is 5.37. The van der Waals surface area contributed by atoms with Gasteiger partial charge in [0.05, 0.1) is 0 Å². The van der Waals surface area contributed by atoms with Crippen LogP contribution in [0.1, 0.15) is 41.8 Å². The molecule has 0 radical (unpaired) electrons. The van der Waals surface area contributed by atoms with Crippen LogP contribution in [0, 0.1) is 13.8 Å². The number of Topliss-reactive ketones (excluding diaryl/α,β-unsaturated/α-hetero) is 1. The van der Waals surface area contributed by atoms with Crippen LogP contribution in [-0.2, 0) is 0 Å². The van der Waals surface area contributed by atoms with Crippen LogP contribution < -0.4 is 0 Å². The third-order valence-electron chi connectivity index (χ3n) is 2.65. The summed E-state index contributed by atoms with van der Waals surface area (Å²) in [6.45, 7) is 7.96. The van der Waals surface area contributed by atoms with E-state index in [1.807, 2.05) is 45.9 Å². The highest BCUT2D eigenvalue weighted by atomic mass is 16.1. The average molecular weight is 202 g/mol. The summed E-state index contributed by atoms with van der Waals surface area (Å²) in [5.41, 5.74) is 3.98. The normalized spacial score (nSPS) is 11.6. The zero-order valence-electron chi connectivity index (χ0n) is 9.92. The molecule has 80 valence electrons. The number of rotatable bonds is 3. The molecule has 0 aliphatic carbocycles. The largest absolute Gasteiger partial charge is 0.289 e. The van der Waals surface area contributed by atoms with Gasteiger partial charge in [0.25, 0.3) is 0 Å². The molecule has 0 saturated carbocycles. The third-order valence-corrected chi connectivity index (χ3v) is 2.65. The molecule has 1 rings (SSSR count). The second kappa shape index (κ2) is 4.92. The van der Waals surface area contributed by atoms with E-state index >= 15 is 0 Å². The summed E-state index contributed by atoms with van der Waals surface area (Å²) >= 11 is 0. The second-order valence-corrected chi connectivity index (χ2v) is 3.81. The van der Waals surface area contributed by atoms with Crippen LogP contribution in [0.4, 0.5) is 0 Å². The summed E-state index contributed by atoms with van der Waals surface area (Å²) in [5, 5.41) is 0.